The first-order valence-corrected chi connectivity index (χ1v) is 14.0. The molecule has 2 aliphatic heterocycles. The van der Waals surface area contributed by atoms with E-state index in [1.165, 1.54) is 36.2 Å². The molecule has 0 bridgehead atoms. The Labute approximate surface area is 254 Å². The molecule has 2 saturated heterocycles. The van der Waals surface area contributed by atoms with Gasteiger partial charge in [-0.15, -0.1) is 0 Å². The first-order valence-electron chi connectivity index (χ1n) is 16.2. The topological polar surface area (TPSA) is 104 Å². The minimum atomic E-state index is -3.20. The highest BCUT2D eigenvalue weighted by Gasteiger charge is 2.31. The quantitative estimate of drug-likeness (QED) is 0.346. The number of anilines is 3. The van der Waals surface area contributed by atoms with Gasteiger partial charge in [-0.3, -0.25) is 9.69 Å². The standard InChI is InChI=1S/C29H30F2N8O2S/c1-3-22-28(35(2)29-33-27(25(13-32)42-29)18-4-6-19(30)7-5-18)24-12-23(21(31)16-39(24)34-22)37-10-8-36(9-11-37)17-26(41)38-14-20(40)15-38/h4-7,12,16,20,40H,3,8-11,14-15,17H2,1-2H3/i1D3,3D2,12D. The first kappa shape index (κ1) is 21.6. The average molecular weight is 599 g/mol. The zero-order chi connectivity index (χ0) is 34.7. The SMILES string of the molecule is [2H]c1c(N2CCN(CC(=O)N3CC(O)C3)CC2)c(F)cn2nc(C([2H])([2H])C([2H])([2H])[2H])c(N(C)c3nc(-c4ccc(F)cc4)c(C#N)s3)c12. The van der Waals surface area contributed by atoms with E-state index in [1.54, 1.807) is 9.80 Å². The number of nitriles is 1. The van der Waals surface area contributed by atoms with E-state index >= 15 is 4.39 Å². The summed E-state index contributed by atoms with van der Waals surface area (Å²) in [5.74, 6) is -1.43. The smallest absolute Gasteiger partial charge is 0.236 e. The molecule has 0 atom stereocenters. The lowest BCUT2D eigenvalue weighted by Gasteiger charge is -2.39. The number of rotatable bonds is 7. The number of likely N-dealkylation sites (tertiary alicyclic amines) is 1. The summed E-state index contributed by atoms with van der Waals surface area (Å²) in [4.78, 5) is 23.6. The number of hydrogen-bond donors (Lipinski definition) is 1. The Hall–Kier alpha value is -4.12. The molecule has 0 aliphatic carbocycles. The molecule has 1 aromatic carbocycles. The van der Waals surface area contributed by atoms with Crippen molar-refractivity contribution in [1.29, 1.82) is 5.26 Å². The predicted molar refractivity (Wildman–Crippen MR) is 156 cm³/mol. The van der Waals surface area contributed by atoms with Gasteiger partial charge in [-0.25, -0.2) is 18.3 Å². The normalized spacial score (nSPS) is 18.8. The molecule has 2 fully saturated rings. The number of aryl methyl sites for hydroxylation is 1. The fourth-order valence-electron chi connectivity index (χ4n) is 5.11. The summed E-state index contributed by atoms with van der Waals surface area (Å²) in [5.41, 5.74) is -0.239. The van der Waals surface area contributed by atoms with Crippen molar-refractivity contribution in [3.8, 4) is 17.3 Å². The molecule has 4 aromatic rings. The maximum absolute atomic E-state index is 15.8. The second-order valence-corrected chi connectivity index (χ2v) is 11.1. The highest BCUT2D eigenvalue weighted by Crippen LogP contribution is 2.39. The number of nitrogens with zero attached hydrogens (tertiary/aromatic N) is 8. The van der Waals surface area contributed by atoms with Crippen LogP contribution in [0, 0.1) is 23.0 Å². The summed E-state index contributed by atoms with van der Waals surface area (Å²) in [6.45, 7) is -1.19. The maximum atomic E-state index is 15.8. The maximum Gasteiger partial charge on any atom is 0.236 e. The molecule has 1 N–H and O–H groups in total. The number of hydrogen-bond acceptors (Lipinski definition) is 9. The van der Waals surface area contributed by atoms with Gasteiger partial charge < -0.3 is 19.8 Å². The number of thiazole rings is 1. The number of carbonyl (C=O) groups is 1. The third kappa shape index (κ3) is 5.17. The van der Waals surface area contributed by atoms with E-state index in [1.807, 2.05) is 4.90 Å². The Morgan fingerprint density at radius 3 is 2.69 bits per heavy atom. The zero-order valence-corrected chi connectivity index (χ0v) is 23.3. The predicted octanol–water partition coefficient (Wildman–Crippen LogP) is 3.26. The Bertz CT molecular complexity index is 1920. The van der Waals surface area contributed by atoms with E-state index in [4.69, 9.17) is 8.22 Å². The first-order chi connectivity index (χ1) is 22.6. The Balaban J connectivity index is 1.40. The van der Waals surface area contributed by atoms with E-state index in [0.717, 1.165) is 22.0 Å². The Morgan fingerprint density at radius 1 is 1.29 bits per heavy atom. The van der Waals surface area contributed by atoms with Crippen LogP contribution in [0.3, 0.4) is 0 Å². The summed E-state index contributed by atoms with van der Waals surface area (Å²) < 4.78 is 80.4. The van der Waals surface area contributed by atoms with Gasteiger partial charge in [0.2, 0.25) is 5.91 Å². The number of pyridine rings is 1. The van der Waals surface area contributed by atoms with Gasteiger partial charge in [0.1, 0.15) is 22.5 Å². The van der Waals surface area contributed by atoms with Crippen LogP contribution in [0.5, 0.6) is 0 Å². The molecule has 0 spiro atoms. The lowest BCUT2D eigenvalue weighted by molar-refractivity contribution is -0.142. The molecular formula is C29H30F2N8O2S. The van der Waals surface area contributed by atoms with Crippen molar-refractivity contribution in [3.63, 3.8) is 0 Å². The summed E-state index contributed by atoms with van der Waals surface area (Å²) in [7, 11) is 1.46. The molecule has 10 nitrogen and oxygen atoms in total. The number of fused-ring (bicyclic) bond motifs is 1. The van der Waals surface area contributed by atoms with Crippen LogP contribution in [0.1, 0.15) is 25.6 Å². The number of amides is 1. The molecule has 218 valence electrons. The highest BCUT2D eigenvalue weighted by molar-refractivity contribution is 7.16. The van der Waals surface area contributed by atoms with Crippen LogP contribution >= 0.6 is 11.3 Å². The lowest BCUT2D eigenvalue weighted by Crippen LogP contribution is -2.57. The number of piperazine rings is 1. The summed E-state index contributed by atoms with van der Waals surface area (Å²) in [6.07, 6.45) is -2.59. The minimum absolute atomic E-state index is 0.0805. The Morgan fingerprint density at radius 2 is 2.02 bits per heavy atom. The van der Waals surface area contributed by atoms with Gasteiger partial charge >= 0.3 is 0 Å². The number of aliphatic hydroxyl groups excluding tert-OH is 1. The van der Waals surface area contributed by atoms with Gasteiger partial charge in [0.15, 0.2) is 10.9 Å². The van der Waals surface area contributed by atoms with Crippen molar-refractivity contribution in [2.45, 2.75) is 19.3 Å². The molecule has 13 heteroatoms. The van der Waals surface area contributed by atoms with Crippen molar-refractivity contribution >= 4 is 39.3 Å². The largest absolute Gasteiger partial charge is 0.389 e. The summed E-state index contributed by atoms with van der Waals surface area (Å²) >= 11 is 0.918. The highest BCUT2D eigenvalue weighted by atomic mass is 32.1. The van der Waals surface area contributed by atoms with Crippen molar-refractivity contribution < 1.29 is 26.9 Å². The molecule has 42 heavy (non-hydrogen) atoms. The van der Waals surface area contributed by atoms with Gasteiger partial charge in [-0.2, -0.15) is 10.4 Å². The molecule has 1 amide bonds. The molecular weight excluding hydrogens is 562 g/mol. The average Bonchev–Trinajstić information content (AvgIpc) is 3.62. The molecule has 0 radical (unpaired) electrons. The van der Waals surface area contributed by atoms with Gasteiger partial charge in [0.25, 0.3) is 0 Å². The summed E-state index contributed by atoms with van der Waals surface area (Å²) in [5, 5.41) is 23.6. The van der Waals surface area contributed by atoms with Crippen LogP contribution in [0.4, 0.5) is 25.3 Å². The second-order valence-electron chi connectivity index (χ2n) is 10.1. The molecule has 0 unspecified atom stereocenters. The lowest BCUT2D eigenvalue weighted by atomic mass is 10.1. The van der Waals surface area contributed by atoms with Gasteiger partial charge in [-0.1, -0.05) is 18.2 Å². The van der Waals surface area contributed by atoms with Gasteiger partial charge in [-0.05, 0) is 36.7 Å². The zero-order valence-electron chi connectivity index (χ0n) is 28.5. The van der Waals surface area contributed by atoms with Crippen molar-refractivity contribution in [3.05, 3.63) is 58.7 Å². The van der Waals surface area contributed by atoms with Crippen LogP contribution in [0.25, 0.3) is 16.8 Å². The van der Waals surface area contributed by atoms with Gasteiger partial charge in [0, 0.05) is 58.7 Å². The number of carbonyl (C=O) groups excluding carboxylic acids is 1. The number of halogens is 2. The second kappa shape index (κ2) is 11.3. The van der Waals surface area contributed by atoms with Crippen LogP contribution in [0.2, 0.25) is 0 Å². The summed E-state index contributed by atoms with van der Waals surface area (Å²) in [6, 6.07) is 7.01. The monoisotopic (exact) mass is 598 g/mol. The van der Waals surface area contributed by atoms with E-state index in [9.17, 15) is 19.6 Å². The molecule has 6 rings (SSSR count). The van der Waals surface area contributed by atoms with E-state index < -0.39 is 36.7 Å². The van der Waals surface area contributed by atoms with Crippen molar-refractivity contribution in [1.82, 2.24) is 24.4 Å². The molecule has 5 heterocycles. The fraction of sp³-hybridized carbons (Fsp3) is 0.379. The van der Waals surface area contributed by atoms with Crippen molar-refractivity contribution in [2.75, 3.05) is 62.7 Å². The minimum Gasteiger partial charge on any atom is -0.389 e. The third-order valence-electron chi connectivity index (χ3n) is 7.42. The number of aliphatic hydroxyl groups is 1. The molecule has 3 aromatic heterocycles. The van der Waals surface area contributed by atoms with Crippen LogP contribution in [0.15, 0.2) is 36.5 Å². The fourth-order valence-corrected chi connectivity index (χ4v) is 5.97. The number of β-amino-alcohol motifs (C(OH)–C–C–N with tert-alkyl or cyclic N) is 1. The third-order valence-corrected chi connectivity index (χ3v) is 8.46. The van der Waals surface area contributed by atoms with Crippen LogP contribution in [-0.4, -0.2) is 94.4 Å². The number of aromatic nitrogens is 3. The van der Waals surface area contributed by atoms with Crippen LogP contribution in [-0.2, 0) is 11.2 Å². The van der Waals surface area contributed by atoms with Crippen LogP contribution < -0.4 is 9.80 Å². The molecule has 0 saturated carbocycles. The molecule has 2 aliphatic rings. The van der Waals surface area contributed by atoms with E-state index in [0.29, 0.717) is 31.7 Å². The Kier molecular flexibility index (Phi) is 5.79. The van der Waals surface area contributed by atoms with E-state index in [2.05, 4.69) is 16.2 Å². The van der Waals surface area contributed by atoms with E-state index in [-0.39, 0.29) is 64.2 Å². The number of benzene rings is 1. The van der Waals surface area contributed by atoms with Crippen molar-refractivity contribution in [2.24, 2.45) is 0 Å². The van der Waals surface area contributed by atoms with Gasteiger partial charge in [0.05, 0.1) is 42.8 Å².